The summed E-state index contributed by atoms with van der Waals surface area (Å²) in [6.07, 6.45) is 0.822. The van der Waals surface area contributed by atoms with Crippen LogP contribution in [0.4, 0.5) is 0 Å². The molecule has 200 valence electrons. The predicted molar refractivity (Wildman–Crippen MR) is 140 cm³/mol. The summed E-state index contributed by atoms with van der Waals surface area (Å²) in [6.45, 7) is 0.244. The number of H-pyrrole nitrogens is 1. The number of aromatic nitrogens is 1. The highest BCUT2D eigenvalue weighted by atomic mass is 16.5. The fraction of sp³-hybridized carbons (Fsp3) is 0.308. The van der Waals surface area contributed by atoms with Gasteiger partial charge in [0.1, 0.15) is 17.4 Å². The maximum absolute atomic E-state index is 13.3. The van der Waals surface area contributed by atoms with Crippen LogP contribution in [0, 0.1) is 0 Å². The van der Waals surface area contributed by atoms with E-state index in [9.17, 15) is 24.6 Å². The van der Waals surface area contributed by atoms with E-state index in [0.29, 0.717) is 18.4 Å². The van der Waals surface area contributed by atoms with Crippen LogP contribution in [-0.2, 0) is 20.7 Å². The largest absolute Gasteiger partial charge is 0.507 e. The zero-order chi connectivity index (χ0) is 27.4. The molecule has 12 nitrogen and oxygen atoms in total. The number of aromatic hydroxyl groups is 1. The van der Waals surface area contributed by atoms with E-state index in [1.807, 2.05) is 24.3 Å². The number of nitrogens with one attached hydrogen (secondary N) is 3. The first-order valence-electron chi connectivity index (χ1n) is 12.0. The Bertz CT molecular complexity index is 1400. The summed E-state index contributed by atoms with van der Waals surface area (Å²) < 4.78 is 4.79. The van der Waals surface area contributed by atoms with Crippen LogP contribution in [-0.4, -0.2) is 64.7 Å². The van der Waals surface area contributed by atoms with Gasteiger partial charge < -0.3 is 36.7 Å². The number of phenols is 1. The molecule has 3 atom stereocenters. The molecule has 1 aromatic heterocycles. The van der Waals surface area contributed by atoms with Crippen LogP contribution in [0.15, 0.2) is 47.5 Å². The van der Waals surface area contributed by atoms with Gasteiger partial charge in [-0.1, -0.05) is 24.3 Å². The third-order valence-corrected chi connectivity index (χ3v) is 6.55. The molecule has 4 rings (SSSR count). The molecule has 9 N–H and O–H groups in total. The number of carbonyl (C=O) groups excluding carboxylic acids is 2. The van der Waals surface area contributed by atoms with Crippen LogP contribution in [0.1, 0.15) is 46.1 Å². The Kier molecular flexibility index (Phi) is 7.82. The number of carboxylic acids is 1. The second kappa shape index (κ2) is 11.2. The number of guanidine groups is 1. The molecule has 0 saturated carbocycles. The highest BCUT2D eigenvalue weighted by molar-refractivity contribution is 5.93. The van der Waals surface area contributed by atoms with Crippen molar-refractivity contribution in [3.8, 4) is 5.75 Å². The van der Waals surface area contributed by atoms with E-state index >= 15 is 0 Å². The number of rotatable bonds is 9. The monoisotopic (exact) mass is 522 g/mol. The minimum absolute atomic E-state index is 0.0113. The molecule has 0 radical (unpaired) electrons. The number of aliphatic imine (C=N–C) groups is 1. The van der Waals surface area contributed by atoms with Gasteiger partial charge in [0.25, 0.3) is 0 Å². The van der Waals surface area contributed by atoms with Crippen LogP contribution in [0.3, 0.4) is 0 Å². The molecule has 12 heteroatoms. The maximum atomic E-state index is 13.3. The Morgan fingerprint density at radius 2 is 1.97 bits per heavy atom. The van der Waals surface area contributed by atoms with Crippen molar-refractivity contribution < 1.29 is 29.3 Å². The lowest BCUT2D eigenvalue weighted by Crippen LogP contribution is -2.53. The Hall–Kier alpha value is -4.58. The Labute approximate surface area is 218 Å². The van der Waals surface area contributed by atoms with Crippen molar-refractivity contribution in [2.45, 2.75) is 37.4 Å². The average molecular weight is 523 g/mol. The summed E-state index contributed by atoms with van der Waals surface area (Å²) in [5, 5.41) is 26.7. The molecule has 1 aliphatic heterocycles. The number of carboxylic acid groups (broad SMARTS) is 1. The highest BCUT2D eigenvalue weighted by Gasteiger charge is 2.35. The minimum Gasteiger partial charge on any atom is -0.507 e. The van der Waals surface area contributed by atoms with E-state index in [-0.39, 0.29) is 30.2 Å². The van der Waals surface area contributed by atoms with Gasteiger partial charge in [0.05, 0.1) is 19.2 Å². The lowest BCUT2D eigenvalue weighted by molar-refractivity contribution is -0.142. The van der Waals surface area contributed by atoms with Gasteiger partial charge in [-0.15, -0.1) is 0 Å². The van der Waals surface area contributed by atoms with Crippen molar-refractivity contribution in [2.75, 3.05) is 13.7 Å². The fourth-order valence-electron chi connectivity index (χ4n) is 4.71. The van der Waals surface area contributed by atoms with E-state index in [1.54, 1.807) is 6.07 Å². The number of aromatic amines is 1. The zero-order valence-electron chi connectivity index (χ0n) is 20.7. The third-order valence-electron chi connectivity index (χ3n) is 6.55. The van der Waals surface area contributed by atoms with Crippen molar-refractivity contribution in [3.05, 3.63) is 64.8 Å². The number of aliphatic carboxylic acids is 1. The number of hydrogen-bond acceptors (Lipinski definition) is 7. The molecular weight excluding hydrogens is 492 g/mol. The molecule has 0 fully saturated rings. The number of phenolic OH excluding ortho intramolecular Hbond substituents is 1. The van der Waals surface area contributed by atoms with E-state index in [4.69, 9.17) is 16.2 Å². The van der Waals surface area contributed by atoms with Gasteiger partial charge in [0.2, 0.25) is 5.91 Å². The van der Waals surface area contributed by atoms with Crippen LogP contribution in [0.25, 0.3) is 10.9 Å². The number of benzene rings is 2. The molecule has 1 aliphatic rings. The highest BCUT2D eigenvalue weighted by Crippen LogP contribution is 2.36. The summed E-state index contributed by atoms with van der Waals surface area (Å²) in [7, 11) is 1.22. The number of ether oxygens (including phenoxy) is 1. The molecule has 0 unspecified atom stereocenters. The average Bonchev–Trinajstić information content (AvgIpc) is 3.28. The summed E-state index contributed by atoms with van der Waals surface area (Å²) >= 11 is 0. The molecule has 3 aromatic rings. The fourth-order valence-corrected chi connectivity index (χ4v) is 4.71. The Morgan fingerprint density at radius 3 is 2.68 bits per heavy atom. The predicted octanol–water partition coefficient (Wildman–Crippen LogP) is 0.887. The number of methoxy groups -OCH3 is 1. The van der Waals surface area contributed by atoms with E-state index in [2.05, 4.69) is 20.6 Å². The third kappa shape index (κ3) is 5.54. The number of nitrogens with zero attached hydrogens (tertiary/aromatic N) is 1. The molecule has 0 saturated heterocycles. The number of fused-ring (bicyclic) bond motifs is 3. The van der Waals surface area contributed by atoms with Gasteiger partial charge in [0.15, 0.2) is 5.96 Å². The molecular formula is C26H30N6O6. The van der Waals surface area contributed by atoms with Gasteiger partial charge in [-0.2, -0.15) is 0 Å². The molecule has 1 amide bonds. The van der Waals surface area contributed by atoms with Gasteiger partial charge in [-0.3, -0.25) is 15.1 Å². The number of amides is 1. The van der Waals surface area contributed by atoms with Gasteiger partial charge in [0, 0.05) is 23.1 Å². The Morgan fingerprint density at radius 1 is 1.21 bits per heavy atom. The lowest BCUT2D eigenvalue weighted by atomic mass is 9.89. The Balaban J connectivity index is 1.65. The molecule has 0 spiro atoms. The van der Waals surface area contributed by atoms with Crippen molar-refractivity contribution in [1.29, 1.82) is 0 Å². The van der Waals surface area contributed by atoms with E-state index in [0.717, 1.165) is 22.2 Å². The number of nitrogens with two attached hydrogens (primary N) is 2. The minimum atomic E-state index is -1.16. The van der Waals surface area contributed by atoms with Crippen molar-refractivity contribution in [1.82, 2.24) is 15.6 Å². The first kappa shape index (κ1) is 26.5. The normalized spacial score (nSPS) is 17.3. The van der Waals surface area contributed by atoms with Crippen LogP contribution < -0.4 is 22.1 Å². The molecule has 38 heavy (non-hydrogen) atoms. The van der Waals surface area contributed by atoms with Gasteiger partial charge >= 0.3 is 11.9 Å². The first-order chi connectivity index (χ1) is 18.2. The standard InChI is InChI=1S/C26H30N6O6/c1-38-25(37)16-11-13(8-9-20(16)33)21-22-15(14-5-2-3-6-17(14)30-22)12-19(31-21)23(34)32-18(24(35)36)7-4-10-29-26(27)28/h2-3,5-6,8-9,11,18-19,21,30-31,33H,4,7,10,12H2,1H3,(H,32,34)(H,35,36)(H4,27,28,29)/t18-,19-,21+/m0/s1. The number of hydrogen-bond donors (Lipinski definition) is 7. The van der Waals surface area contributed by atoms with Crippen LogP contribution in [0.5, 0.6) is 5.75 Å². The summed E-state index contributed by atoms with van der Waals surface area (Å²) in [6, 6.07) is 9.76. The summed E-state index contributed by atoms with van der Waals surface area (Å²) in [5.74, 6) is -2.65. The van der Waals surface area contributed by atoms with Gasteiger partial charge in [-0.25, -0.2) is 9.59 Å². The lowest BCUT2D eigenvalue weighted by Gasteiger charge is -2.32. The molecule has 0 aliphatic carbocycles. The number of carbonyl (C=O) groups is 3. The van der Waals surface area contributed by atoms with Gasteiger partial charge in [-0.05, 0) is 48.6 Å². The quantitative estimate of drug-likeness (QED) is 0.0920. The molecule has 2 aromatic carbocycles. The summed E-state index contributed by atoms with van der Waals surface area (Å²) in [5.41, 5.74) is 13.8. The maximum Gasteiger partial charge on any atom is 0.341 e. The first-order valence-corrected chi connectivity index (χ1v) is 12.0. The second-order valence-electron chi connectivity index (χ2n) is 9.04. The van der Waals surface area contributed by atoms with E-state index < -0.39 is 36.0 Å². The van der Waals surface area contributed by atoms with Crippen LogP contribution >= 0.6 is 0 Å². The summed E-state index contributed by atoms with van der Waals surface area (Å²) in [4.78, 5) is 44.6. The van der Waals surface area contributed by atoms with Crippen molar-refractivity contribution in [3.63, 3.8) is 0 Å². The van der Waals surface area contributed by atoms with E-state index in [1.165, 1.54) is 19.2 Å². The van der Waals surface area contributed by atoms with Crippen molar-refractivity contribution in [2.24, 2.45) is 16.5 Å². The molecule has 2 heterocycles. The SMILES string of the molecule is COC(=O)c1cc([C@H]2N[C@H](C(=O)N[C@@H](CCCN=C(N)N)C(=O)O)Cc3c2[nH]c2ccccc32)ccc1O. The van der Waals surface area contributed by atoms with Crippen LogP contribution in [0.2, 0.25) is 0 Å². The smallest absolute Gasteiger partial charge is 0.341 e. The number of para-hydroxylation sites is 1. The zero-order valence-corrected chi connectivity index (χ0v) is 20.7. The topological polar surface area (TPSA) is 205 Å². The molecule has 0 bridgehead atoms. The number of esters is 1. The second-order valence-corrected chi connectivity index (χ2v) is 9.04. The van der Waals surface area contributed by atoms with Crippen molar-refractivity contribution >= 4 is 34.7 Å².